The Bertz CT molecular complexity index is 837. The Labute approximate surface area is 165 Å². The molecule has 0 saturated carbocycles. The van der Waals surface area contributed by atoms with Gasteiger partial charge in [0.05, 0.1) is 30.1 Å². The fraction of sp³-hybridized carbons (Fsp3) is 0.476. The van der Waals surface area contributed by atoms with Gasteiger partial charge >= 0.3 is 5.97 Å². The molecular formula is C21H27N3O4. The Hall–Kier alpha value is -2.67. The predicted octanol–water partition coefficient (Wildman–Crippen LogP) is 2.34. The fourth-order valence-corrected chi connectivity index (χ4v) is 3.57. The highest BCUT2D eigenvalue weighted by Gasteiger charge is 2.27. The topological polar surface area (TPSA) is 73.7 Å². The van der Waals surface area contributed by atoms with Gasteiger partial charge in [0.2, 0.25) is 0 Å². The van der Waals surface area contributed by atoms with Gasteiger partial charge in [-0.05, 0) is 33.3 Å². The molecule has 150 valence electrons. The maximum absolute atomic E-state index is 12.6. The molecule has 2 atom stereocenters. The van der Waals surface area contributed by atoms with Gasteiger partial charge in [0.15, 0.2) is 6.61 Å². The number of aromatic nitrogens is 2. The van der Waals surface area contributed by atoms with Gasteiger partial charge in [-0.25, -0.2) is 4.79 Å². The summed E-state index contributed by atoms with van der Waals surface area (Å²) in [5.74, 6) is -0.723. The van der Waals surface area contributed by atoms with Crippen LogP contribution in [0.15, 0.2) is 30.3 Å². The molecule has 3 rings (SSSR count). The number of morpholine rings is 1. The minimum absolute atomic E-state index is 0.0240. The molecule has 1 aliphatic rings. The molecular weight excluding hydrogens is 358 g/mol. The standard InChI is InChI=1S/C21H27N3O4/c1-14-10-23(11-15(2)28-14)19(25)13-27-21(26)20-16(3)22-24(17(20)4)12-18-8-6-5-7-9-18/h5-9,14-15H,10-13H2,1-4H3/t14-,15-/m1/s1. The maximum atomic E-state index is 12.6. The Kier molecular flexibility index (Phi) is 6.14. The Balaban J connectivity index is 1.63. The molecule has 1 fully saturated rings. The molecule has 0 radical (unpaired) electrons. The molecule has 1 saturated heterocycles. The zero-order valence-corrected chi connectivity index (χ0v) is 16.8. The smallest absolute Gasteiger partial charge is 0.342 e. The predicted molar refractivity (Wildman–Crippen MR) is 104 cm³/mol. The first kappa shape index (κ1) is 20.1. The number of esters is 1. The van der Waals surface area contributed by atoms with E-state index in [9.17, 15) is 9.59 Å². The summed E-state index contributed by atoms with van der Waals surface area (Å²) in [6.07, 6.45) is -0.0479. The number of rotatable bonds is 5. The van der Waals surface area contributed by atoms with Crippen molar-refractivity contribution < 1.29 is 19.1 Å². The third-order valence-corrected chi connectivity index (χ3v) is 4.86. The van der Waals surface area contributed by atoms with Crippen LogP contribution in [0.2, 0.25) is 0 Å². The van der Waals surface area contributed by atoms with E-state index in [1.807, 2.05) is 51.1 Å². The van der Waals surface area contributed by atoms with Gasteiger partial charge in [-0.15, -0.1) is 0 Å². The van der Waals surface area contributed by atoms with E-state index < -0.39 is 5.97 Å². The van der Waals surface area contributed by atoms with Crippen molar-refractivity contribution >= 4 is 11.9 Å². The van der Waals surface area contributed by atoms with Gasteiger partial charge in [-0.1, -0.05) is 30.3 Å². The van der Waals surface area contributed by atoms with Crippen LogP contribution in [0, 0.1) is 13.8 Å². The van der Waals surface area contributed by atoms with Crippen LogP contribution in [-0.2, 0) is 20.8 Å². The van der Waals surface area contributed by atoms with Crippen molar-refractivity contribution in [3.63, 3.8) is 0 Å². The molecule has 1 amide bonds. The molecule has 2 aromatic rings. The molecule has 28 heavy (non-hydrogen) atoms. The number of aryl methyl sites for hydroxylation is 1. The normalized spacial score (nSPS) is 19.5. The van der Waals surface area contributed by atoms with E-state index in [2.05, 4.69) is 5.10 Å². The Morgan fingerprint density at radius 1 is 1.14 bits per heavy atom. The first-order valence-corrected chi connectivity index (χ1v) is 9.53. The lowest BCUT2D eigenvalue weighted by atomic mass is 10.2. The quantitative estimate of drug-likeness (QED) is 0.739. The van der Waals surface area contributed by atoms with E-state index in [0.717, 1.165) is 11.3 Å². The lowest BCUT2D eigenvalue weighted by Gasteiger charge is -2.35. The van der Waals surface area contributed by atoms with Crippen molar-refractivity contribution in [2.24, 2.45) is 0 Å². The summed E-state index contributed by atoms with van der Waals surface area (Å²) in [6.45, 7) is 8.78. The van der Waals surface area contributed by atoms with Crippen LogP contribution in [-0.4, -0.2) is 58.5 Å². The highest BCUT2D eigenvalue weighted by atomic mass is 16.5. The van der Waals surface area contributed by atoms with E-state index >= 15 is 0 Å². The highest BCUT2D eigenvalue weighted by molar-refractivity contribution is 5.93. The first-order chi connectivity index (χ1) is 13.3. The van der Waals surface area contributed by atoms with Crippen LogP contribution in [0.4, 0.5) is 0 Å². The number of ether oxygens (including phenoxy) is 2. The number of nitrogens with zero attached hydrogens (tertiary/aromatic N) is 3. The molecule has 0 aliphatic carbocycles. The van der Waals surface area contributed by atoms with Gasteiger partial charge in [0.1, 0.15) is 5.56 Å². The minimum atomic E-state index is -0.517. The molecule has 0 N–H and O–H groups in total. The van der Waals surface area contributed by atoms with Crippen LogP contribution in [0.25, 0.3) is 0 Å². The molecule has 7 nitrogen and oxygen atoms in total. The summed E-state index contributed by atoms with van der Waals surface area (Å²) < 4.78 is 12.7. The van der Waals surface area contributed by atoms with E-state index in [-0.39, 0.29) is 24.7 Å². The number of carbonyl (C=O) groups excluding carboxylic acids is 2. The van der Waals surface area contributed by atoms with Crippen molar-refractivity contribution in [2.45, 2.75) is 46.4 Å². The molecule has 7 heteroatoms. The molecule has 1 aromatic carbocycles. The maximum Gasteiger partial charge on any atom is 0.342 e. The lowest BCUT2D eigenvalue weighted by Crippen LogP contribution is -2.49. The van der Waals surface area contributed by atoms with E-state index in [0.29, 0.717) is 30.9 Å². The van der Waals surface area contributed by atoms with Crippen LogP contribution in [0.1, 0.15) is 41.2 Å². The molecule has 1 aromatic heterocycles. The molecule has 2 heterocycles. The second-order valence-corrected chi connectivity index (χ2v) is 7.32. The van der Waals surface area contributed by atoms with Crippen molar-refractivity contribution in [1.82, 2.24) is 14.7 Å². The van der Waals surface area contributed by atoms with E-state index in [1.165, 1.54) is 0 Å². The molecule has 1 aliphatic heterocycles. The van der Waals surface area contributed by atoms with Crippen molar-refractivity contribution in [3.8, 4) is 0 Å². The molecule has 0 unspecified atom stereocenters. The van der Waals surface area contributed by atoms with E-state index in [1.54, 1.807) is 16.5 Å². The summed E-state index contributed by atoms with van der Waals surface area (Å²) in [5, 5.41) is 4.47. The van der Waals surface area contributed by atoms with Gasteiger partial charge in [0.25, 0.3) is 5.91 Å². The largest absolute Gasteiger partial charge is 0.452 e. The van der Waals surface area contributed by atoms with Crippen LogP contribution in [0.5, 0.6) is 0 Å². The number of carbonyl (C=O) groups is 2. The average Bonchev–Trinajstić information content (AvgIpc) is 2.93. The number of amides is 1. The van der Waals surface area contributed by atoms with Gasteiger partial charge in [0, 0.05) is 13.1 Å². The second kappa shape index (κ2) is 8.56. The SMILES string of the molecule is Cc1nn(Cc2ccccc2)c(C)c1C(=O)OCC(=O)N1C[C@@H](C)O[C@H](C)C1. The number of benzene rings is 1. The van der Waals surface area contributed by atoms with Gasteiger partial charge in [-0.2, -0.15) is 5.10 Å². The van der Waals surface area contributed by atoms with Gasteiger partial charge < -0.3 is 14.4 Å². The molecule has 0 spiro atoms. The zero-order chi connectivity index (χ0) is 20.3. The molecule has 0 bridgehead atoms. The summed E-state index contributed by atoms with van der Waals surface area (Å²) in [4.78, 5) is 26.7. The number of hydrogen-bond acceptors (Lipinski definition) is 5. The lowest BCUT2D eigenvalue weighted by molar-refractivity contribution is -0.146. The van der Waals surface area contributed by atoms with Crippen LogP contribution < -0.4 is 0 Å². The third-order valence-electron chi connectivity index (χ3n) is 4.86. The monoisotopic (exact) mass is 385 g/mol. The minimum Gasteiger partial charge on any atom is -0.452 e. The average molecular weight is 385 g/mol. The summed E-state index contributed by atoms with van der Waals surface area (Å²) in [7, 11) is 0. The van der Waals surface area contributed by atoms with E-state index in [4.69, 9.17) is 9.47 Å². The highest BCUT2D eigenvalue weighted by Crippen LogP contribution is 2.17. The van der Waals surface area contributed by atoms with Crippen LogP contribution in [0.3, 0.4) is 0 Å². The zero-order valence-electron chi connectivity index (χ0n) is 16.8. The van der Waals surface area contributed by atoms with Crippen LogP contribution >= 0.6 is 0 Å². The third kappa shape index (κ3) is 4.59. The van der Waals surface area contributed by atoms with Crippen molar-refractivity contribution in [2.75, 3.05) is 19.7 Å². The Morgan fingerprint density at radius 3 is 2.43 bits per heavy atom. The fourth-order valence-electron chi connectivity index (χ4n) is 3.57. The van der Waals surface area contributed by atoms with Crippen molar-refractivity contribution in [1.29, 1.82) is 0 Å². The second-order valence-electron chi connectivity index (χ2n) is 7.32. The summed E-state index contributed by atoms with van der Waals surface area (Å²) in [5.41, 5.74) is 2.85. The summed E-state index contributed by atoms with van der Waals surface area (Å²) >= 11 is 0. The number of hydrogen-bond donors (Lipinski definition) is 0. The Morgan fingerprint density at radius 2 is 1.79 bits per heavy atom. The summed E-state index contributed by atoms with van der Waals surface area (Å²) in [6, 6.07) is 9.92. The van der Waals surface area contributed by atoms with Gasteiger partial charge in [-0.3, -0.25) is 9.48 Å². The first-order valence-electron chi connectivity index (χ1n) is 9.53. The van der Waals surface area contributed by atoms with Crippen molar-refractivity contribution in [3.05, 3.63) is 52.8 Å².